The lowest BCUT2D eigenvalue weighted by Crippen LogP contribution is -2.39. The van der Waals surface area contributed by atoms with Crippen LogP contribution in [0.15, 0.2) is 59.6 Å². The second-order valence-electron chi connectivity index (χ2n) is 7.11. The fourth-order valence-corrected chi connectivity index (χ4v) is 6.40. The van der Waals surface area contributed by atoms with Gasteiger partial charge in [-0.15, -0.1) is 0 Å². The number of carbonyl (C=O) groups excluding carboxylic acids is 1. The molecule has 1 saturated heterocycles. The number of thioether (sulfide) groups is 1. The van der Waals surface area contributed by atoms with Crippen molar-refractivity contribution in [1.82, 2.24) is 0 Å². The standard InChI is InChI=1S/C21H22N2O4S2/c1-15(24)16-6-5-7-17(12-16)23-20-14-29(25,26)13-19(20)22-21(23)28-11-10-27-18-8-3-2-4-9-18/h2-9,12,19-20H,10-11,13-14H2,1H3/t19-,20-/m1/s1. The topological polar surface area (TPSA) is 76.0 Å². The molecule has 152 valence electrons. The zero-order chi connectivity index (χ0) is 20.4. The number of nitrogens with zero attached hydrogens (tertiary/aromatic N) is 2. The summed E-state index contributed by atoms with van der Waals surface area (Å²) in [5, 5.41) is 0.785. The zero-order valence-corrected chi connectivity index (χ0v) is 17.7. The third-order valence-electron chi connectivity index (χ3n) is 4.96. The van der Waals surface area contributed by atoms with Gasteiger partial charge in [0, 0.05) is 17.0 Å². The van der Waals surface area contributed by atoms with Crippen molar-refractivity contribution in [3.05, 3.63) is 60.2 Å². The Morgan fingerprint density at radius 3 is 2.72 bits per heavy atom. The van der Waals surface area contributed by atoms with E-state index in [9.17, 15) is 13.2 Å². The average molecular weight is 431 g/mol. The Morgan fingerprint density at radius 2 is 1.97 bits per heavy atom. The molecule has 6 nitrogen and oxygen atoms in total. The van der Waals surface area contributed by atoms with Crippen molar-refractivity contribution < 1.29 is 17.9 Å². The van der Waals surface area contributed by atoms with E-state index in [0.29, 0.717) is 17.9 Å². The van der Waals surface area contributed by atoms with E-state index in [-0.39, 0.29) is 29.4 Å². The minimum atomic E-state index is -3.11. The highest BCUT2D eigenvalue weighted by atomic mass is 32.2. The summed E-state index contributed by atoms with van der Waals surface area (Å²) in [6.07, 6.45) is 0. The van der Waals surface area contributed by atoms with Gasteiger partial charge >= 0.3 is 0 Å². The van der Waals surface area contributed by atoms with E-state index in [1.54, 1.807) is 17.8 Å². The van der Waals surface area contributed by atoms with E-state index in [1.807, 2.05) is 53.4 Å². The van der Waals surface area contributed by atoms with Crippen LogP contribution in [-0.2, 0) is 9.84 Å². The van der Waals surface area contributed by atoms with Crippen molar-refractivity contribution >= 4 is 38.2 Å². The lowest BCUT2D eigenvalue weighted by molar-refractivity contribution is 0.101. The minimum Gasteiger partial charge on any atom is -0.493 e. The first-order valence-corrected chi connectivity index (χ1v) is 12.2. The molecule has 0 aliphatic carbocycles. The van der Waals surface area contributed by atoms with Crippen LogP contribution < -0.4 is 9.64 Å². The smallest absolute Gasteiger partial charge is 0.164 e. The third-order valence-corrected chi connectivity index (χ3v) is 7.59. The number of aliphatic imine (C=N–C) groups is 1. The van der Waals surface area contributed by atoms with Crippen molar-refractivity contribution in [3.8, 4) is 5.75 Å². The monoisotopic (exact) mass is 430 g/mol. The molecule has 8 heteroatoms. The van der Waals surface area contributed by atoms with E-state index in [1.165, 1.54) is 6.92 Å². The normalized spacial score (nSPS) is 22.2. The van der Waals surface area contributed by atoms with Gasteiger partial charge in [-0.25, -0.2) is 8.42 Å². The van der Waals surface area contributed by atoms with Gasteiger partial charge in [-0.1, -0.05) is 42.1 Å². The quantitative estimate of drug-likeness (QED) is 0.518. The van der Waals surface area contributed by atoms with Gasteiger partial charge in [0.15, 0.2) is 20.8 Å². The number of hydrogen-bond donors (Lipinski definition) is 0. The molecule has 0 radical (unpaired) electrons. The fraction of sp³-hybridized carbons (Fsp3) is 0.333. The van der Waals surface area contributed by atoms with Gasteiger partial charge in [0.1, 0.15) is 5.75 Å². The number of ketones is 1. The third kappa shape index (κ3) is 4.48. The number of ether oxygens (including phenoxy) is 1. The van der Waals surface area contributed by atoms with Crippen LogP contribution in [0.2, 0.25) is 0 Å². The number of hydrogen-bond acceptors (Lipinski definition) is 7. The number of rotatable bonds is 6. The second kappa shape index (κ2) is 8.20. The number of benzene rings is 2. The largest absolute Gasteiger partial charge is 0.493 e. The molecule has 4 rings (SSSR count). The van der Waals surface area contributed by atoms with E-state index < -0.39 is 9.84 Å². The van der Waals surface area contributed by atoms with Crippen LogP contribution in [0.1, 0.15) is 17.3 Å². The molecule has 0 spiro atoms. The molecule has 1 fully saturated rings. The van der Waals surface area contributed by atoms with Gasteiger partial charge in [0.05, 0.1) is 30.2 Å². The Balaban J connectivity index is 1.51. The summed E-state index contributed by atoms with van der Waals surface area (Å²) in [4.78, 5) is 18.5. The van der Waals surface area contributed by atoms with Crippen LogP contribution in [0, 0.1) is 0 Å². The summed E-state index contributed by atoms with van der Waals surface area (Å²) in [5.41, 5.74) is 1.40. The number of fused-ring (bicyclic) bond motifs is 1. The van der Waals surface area contributed by atoms with E-state index in [4.69, 9.17) is 9.73 Å². The van der Waals surface area contributed by atoms with Crippen LogP contribution in [-0.4, -0.2) is 55.3 Å². The lowest BCUT2D eigenvalue weighted by atomic mass is 10.1. The summed E-state index contributed by atoms with van der Waals surface area (Å²) in [5.74, 6) is 1.63. The summed E-state index contributed by atoms with van der Waals surface area (Å²) < 4.78 is 30.0. The van der Waals surface area contributed by atoms with E-state index in [2.05, 4.69) is 0 Å². The van der Waals surface area contributed by atoms with Crippen LogP contribution in [0.25, 0.3) is 0 Å². The Hall–Kier alpha value is -2.32. The maximum atomic E-state index is 12.1. The molecule has 29 heavy (non-hydrogen) atoms. The number of anilines is 1. The van der Waals surface area contributed by atoms with Crippen molar-refractivity contribution in [3.63, 3.8) is 0 Å². The van der Waals surface area contributed by atoms with Crippen LogP contribution in [0.4, 0.5) is 5.69 Å². The van der Waals surface area contributed by atoms with E-state index in [0.717, 1.165) is 16.6 Å². The number of carbonyl (C=O) groups is 1. The SMILES string of the molecule is CC(=O)c1cccc(N2C(SCCOc3ccccc3)=N[C@@H]3CS(=O)(=O)C[C@H]32)c1. The van der Waals surface area contributed by atoms with Gasteiger partial charge in [-0.3, -0.25) is 9.79 Å². The Bertz CT molecular complexity index is 1040. The average Bonchev–Trinajstić information content (AvgIpc) is 3.17. The molecule has 2 aromatic carbocycles. The van der Waals surface area contributed by atoms with Crippen LogP contribution in [0.3, 0.4) is 0 Å². The van der Waals surface area contributed by atoms with Gasteiger partial charge < -0.3 is 9.64 Å². The van der Waals surface area contributed by atoms with E-state index >= 15 is 0 Å². The molecular formula is C21H22N2O4S2. The molecule has 0 aromatic heterocycles. The molecule has 0 saturated carbocycles. The van der Waals surface area contributed by atoms with Crippen molar-refractivity contribution in [2.75, 3.05) is 28.8 Å². The lowest BCUT2D eigenvalue weighted by Gasteiger charge is -2.26. The van der Waals surface area contributed by atoms with Crippen molar-refractivity contribution in [2.45, 2.75) is 19.0 Å². The minimum absolute atomic E-state index is 0.0240. The van der Waals surface area contributed by atoms with Crippen molar-refractivity contribution in [2.24, 2.45) is 4.99 Å². The summed E-state index contributed by atoms with van der Waals surface area (Å²) in [6.45, 7) is 2.04. The summed E-state index contributed by atoms with van der Waals surface area (Å²) in [7, 11) is -3.11. The molecule has 0 amide bonds. The molecule has 2 atom stereocenters. The highest BCUT2D eigenvalue weighted by Gasteiger charge is 2.47. The summed E-state index contributed by atoms with van der Waals surface area (Å²) in [6, 6.07) is 16.4. The number of sulfone groups is 1. The predicted molar refractivity (Wildman–Crippen MR) is 117 cm³/mol. The Kier molecular flexibility index (Phi) is 5.65. The van der Waals surface area contributed by atoms with Crippen LogP contribution in [0.5, 0.6) is 5.75 Å². The Labute approximate surface area is 174 Å². The maximum absolute atomic E-state index is 12.1. The van der Waals surface area contributed by atoms with Gasteiger partial charge in [-0.2, -0.15) is 0 Å². The first-order chi connectivity index (χ1) is 13.9. The predicted octanol–water partition coefficient (Wildman–Crippen LogP) is 3.04. The highest BCUT2D eigenvalue weighted by molar-refractivity contribution is 8.14. The highest BCUT2D eigenvalue weighted by Crippen LogP contribution is 2.35. The first kappa shape index (κ1) is 20.0. The molecule has 0 bridgehead atoms. The number of Topliss-reactive ketones (excluding diaryl/α,β-unsaturated/α-hetero) is 1. The molecule has 2 aliphatic rings. The molecule has 0 unspecified atom stereocenters. The van der Waals surface area contributed by atoms with Gasteiger partial charge in [-0.05, 0) is 31.2 Å². The number of amidine groups is 1. The summed E-state index contributed by atoms with van der Waals surface area (Å²) >= 11 is 1.55. The molecule has 2 aromatic rings. The molecule has 0 N–H and O–H groups in total. The first-order valence-electron chi connectivity index (χ1n) is 9.42. The number of para-hydroxylation sites is 1. The zero-order valence-electron chi connectivity index (χ0n) is 16.0. The van der Waals surface area contributed by atoms with Gasteiger partial charge in [0.25, 0.3) is 0 Å². The molecule has 2 aliphatic heterocycles. The van der Waals surface area contributed by atoms with Gasteiger partial charge in [0.2, 0.25) is 0 Å². The second-order valence-corrected chi connectivity index (χ2v) is 10.3. The fourth-order valence-electron chi connectivity index (χ4n) is 3.62. The maximum Gasteiger partial charge on any atom is 0.164 e. The van der Waals surface area contributed by atoms with Crippen molar-refractivity contribution in [1.29, 1.82) is 0 Å². The molecule has 2 heterocycles. The molecular weight excluding hydrogens is 408 g/mol. The van der Waals surface area contributed by atoms with Crippen LogP contribution >= 0.6 is 11.8 Å². The Morgan fingerprint density at radius 1 is 1.17 bits per heavy atom.